The van der Waals surface area contributed by atoms with Crippen LogP contribution in [-0.4, -0.2) is 104 Å². The number of hydrogen-bond donors (Lipinski definition) is 7. The van der Waals surface area contributed by atoms with Gasteiger partial charge in [-0.2, -0.15) is 0 Å². The Balaban J connectivity index is 1.47. The molecule has 1 aromatic carbocycles. The van der Waals surface area contributed by atoms with Crippen molar-refractivity contribution in [3.05, 3.63) is 34.7 Å². The summed E-state index contributed by atoms with van der Waals surface area (Å²) in [6.45, 7) is -1.61. The minimum Gasteiger partial charge on any atom is -0.504 e. The van der Waals surface area contributed by atoms with Crippen LogP contribution in [0.1, 0.15) is 0 Å². The number of ether oxygens (including phenoxy) is 4. The lowest BCUT2D eigenvalue weighted by molar-refractivity contribution is -0.289. The number of benzene rings is 1. The lowest BCUT2D eigenvalue weighted by Gasteiger charge is -2.40. The molecule has 0 spiro atoms. The highest BCUT2D eigenvalue weighted by Gasteiger charge is 2.50. The topological polar surface area (TPSA) is 209 Å². The molecule has 2 aliphatic heterocycles. The van der Waals surface area contributed by atoms with Crippen molar-refractivity contribution in [1.82, 2.24) is 0 Å². The van der Waals surface area contributed by atoms with Crippen molar-refractivity contribution in [3.63, 3.8) is 0 Å². The van der Waals surface area contributed by atoms with E-state index in [2.05, 4.69) is 0 Å². The highest BCUT2D eigenvalue weighted by molar-refractivity contribution is 5.80. The van der Waals surface area contributed by atoms with E-state index in [9.17, 15) is 40.5 Å². The number of fused-ring (bicyclic) bond motifs is 1. The smallest absolute Gasteiger partial charge is 0.336 e. The van der Waals surface area contributed by atoms with Crippen molar-refractivity contribution in [1.29, 1.82) is 0 Å². The van der Waals surface area contributed by atoms with E-state index in [-0.39, 0.29) is 11.3 Å². The molecular weight excluding hydrogens is 448 g/mol. The van der Waals surface area contributed by atoms with E-state index in [1.54, 1.807) is 0 Å². The zero-order valence-electron chi connectivity index (χ0n) is 17.1. The fourth-order valence-corrected chi connectivity index (χ4v) is 3.58. The second-order valence-corrected chi connectivity index (χ2v) is 7.96. The average molecular weight is 472 g/mol. The average Bonchev–Trinajstić information content (AvgIpc) is 3.08. The summed E-state index contributed by atoms with van der Waals surface area (Å²) in [5, 5.41) is 70.6. The number of aliphatic hydroxyl groups excluding tert-OH is 5. The van der Waals surface area contributed by atoms with Crippen LogP contribution in [0.2, 0.25) is 0 Å². The summed E-state index contributed by atoms with van der Waals surface area (Å²) >= 11 is 0. The Morgan fingerprint density at radius 1 is 1.06 bits per heavy atom. The first-order valence-corrected chi connectivity index (χ1v) is 10.0. The number of hydrogen-bond acceptors (Lipinski definition) is 13. The Morgan fingerprint density at radius 3 is 2.52 bits per heavy atom. The minimum atomic E-state index is -1.91. The van der Waals surface area contributed by atoms with Crippen molar-refractivity contribution >= 4 is 11.0 Å². The maximum absolute atomic E-state index is 11.3. The number of aliphatic hydroxyl groups is 6. The van der Waals surface area contributed by atoms with Gasteiger partial charge in [-0.1, -0.05) is 0 Å². The quantitative estimate of drug-likeness (QED) is 0.211. The van der Waals surface area contributed by atoms with E-state index in [1.807, 2.05) is 0 Å². The molecule has 4 rings (SSSR count). The Labute approximate surface area is 185 Å². The lowest BCUT2D eigenvalue weighted by Crippen LogP contribution is -2.60. The number of aromatic hydroxyl groups is 1. The van der Waals surface area contributed by atoms with Gasteiger partial charge < -0.3 is 59.1 Å². The molecule has 13 nitrogen and oxygen atoms in total. The van der Waals surface area contributed by atoms with Gasteiger partial charge in [0.05, 0.1) is 19.8 Å². The number of phenolic OH excluding ortho intramolecular Hbond substituents is 1. The molecule has 0 aliphatic carbocycles. The van der Waals surface area contributed by atoms with E-state index in [0.717, 1.165) is 6.07 Å². The molecule has 0 bridgehead atoms. The summed E-state index contributed by atoms with van der Waals surface area (Å²) in [6, 6.07) is 5.06. The first kappa shape index (κ1) is 23.8. The predicted octanol–water partition coefficient (Wildman–Crippen LogP) is -2.86. The predicted molar refractivity (Wildman–Crippen MR) is 105 cm³/mol. The van der Waals surface area contributed by atoms with Crippen molar-refractivity contribution in [3.8, 4) is 11.5 Å². The van der Waals surface area contributed by atoms with E-state index >= 15 is 0 Å². The van der Waals surface area contributed by atoms with Gasteiger partial charge in [0.25, 0.3) is 0 Å². The third kappa shape index (κ3) is 4.55. The molecule has 0 unspecified atom stereocenters. The SMILES string of the molecule is O=c1ccc2cc(O[C@@H]3O[C@H](CO[C@@H]4OC[C@@](O)(CO)[C@@H]4O)[C@@H](O)[C@H](O)[C@H]3O)c(O)cc2o1. The van der Waals surface area contributed by atoms with Crippen LogP contribution < -0.4 is 10.4 Å². The standard InChI is InChI=1S/C20H24O13/c21-6-20(28)7-30-19(17(20)27)29-5-12-14(24)15(25)16(26)18(33-12)32-11-3-8-1-2-13(23)31-10(8)4-9(11)22/h1-4,12,14-19,21-22,24-28H,5-7H2/t12-,14-,15+,16-,17-,18-,19-,20+/m1/s1. The third-order valence-corrected chi connectivity index (χ3v) is 5.62. The van der Waals surface area contributed by atoms with Gasteiger partial charge in [0.2, 0.25) is 6.29 Å². The van der Waals surface area contributed by atoms with Gasteiger partial charge in [-0.15, -0.1) is 0 Å². The first-order valence-electron chi connectivity index (χ1n) is 10.0. The Kier molecular flexibility index (Phi) is 6.59. The summed E-state index contributed by atoms with van der Waals surface area (Å²) in [7, 11) is 0. The number of rotatable bonds is 6. The highest BCUT2D eigenvalue weighted by Crippen LogP contribution is 2.34. The molecule has 7 N–H and O–H groups in total. The normalized spacial score (nSPS) is 36.8. The van der Waals surface area contributed by atoms with Crippen LogP contribution in [0.15, 0.2) is 33.5 Å². The largest absolute Gasteiger partial charge is 0.504 e. The monoisotopic (exact) mass is 472 g/mol. The molecule has 182 valence electrons. The van der Waals surface area contributed by atoms with Crippen molar-refractivity contribution in [2.45, 2.75) is 48.7 Å². The van der Waals surface area contributed by atoms with Gasteiger partial charge in [0.15, 0.2) is 17.8 Å². The van der Waals surface area contributed by atoms with E-state index in [4.69, 9.17) is 23.4 Å². The summed E-state index contributed by atoms with van der Waals surface area (Å²) in [5.74, 6) is -0.599. The van der Waals surface area contributed by atoms with E-state index < -0.39 is 79.9 Å². The van der Waals surface area contributed by atoms with Gasteiger partial charge in [0, 0.05) is 17.5 Å². The van der Waals surface area contributed by atoms with Crippen LogP contribution in [-0.2, 0) is 14.2 Å². The van der Waals surface area contributed by atoms with Crippen LogP contribution in [0, 0.1) is 0 Å². The molecule has 0 saturated carbocycles. The van der Waals surface area contributed by atoms with Gasteiger partial charge in [0.1, 0.15) is 41.7 Å². The van der Waals surface area contributed by atoms with Crippen LogP contribution >= 0.6 is 0 Å². The van der Waals surface area contributed by atoms with Crippen LogP contribution in [0.5, 0.6) is 11.5 Å². The Morgan fingerprint density at radius 2 is 1.82 bits per heavy atom. The van der Waals surface area contributed by atoms with E-state index in [0.29, 0.717) is 5.39 Å². The summed E-state index contributed by atoms with van der Waals surface area (Å²) in [5.41, 5.74) is -2.43. The zero-order valence-corrected chi connectivity index (χ0v) is 17.1. The van der Waals surface area contributed by atoms with Crippen molar-refractivity contribution < 1.29 is 59.1 Å². The molecule has 13 heteroatoms. The van der Waals surface area contributed by atoms with Crippen molar-refractivity contribution in [2.24, 2.45) is 0 Å². The summed E-state index contributed by atoms with van der Waals surface area (Å²) in [4.78, 5) is 11.3. The fourth-order valence-electron chi connectivity index (χ4n) is 3.58. The summed E-state index contributed by atoms with van der Waals surface area (Å²) in [6.07, 6.45) is -10.8. The summed E-state index contributed by atoms with van der Waals surface area (Å²) < 4.78 is 26.4. The molecule has 2 fully saturated rings. The molecule has 1 aromatic heterocycles. The second kappa shape index (κ2) is 9.13. The second-order valence-electron chi connectivity index (χ2n) is 7.96. The molecule has 33 heavy (non-hydrogen) atoms. The van der Waals surface area contributed by atoms with Gasteiger partial charge in [-0.25, -0.2) is 4.79 Å². The van der Waals surface area contributed by atoms with Gasteiger partial charge in [-0.05, 0) is 12.1 Å². The zero-order chi connectivity index (χ0) is 23.9. The van der Waals surface area contributed by atoms with Crippen LogP contribution in [0.3, 0.4) is 0 Å². The molecular formula is C20H24O13. The van der Waals surface area contributed by atoms with E-state index in [1.165, 1.54) is 18.2 Å². The molecule has 8 atom stereocenters. The van der Waals surface area contributed by atoms with Crippen molar-refractivity contribution in [2.75, 3.05) is 19.8 Å². The Bertz CT molecular complexity index is 1040. The molecule has 2 aromatic rings. The maximum Gasteiger partial charge on any atom is 0.336 e. The fraction of sp³-hybridized carbons (Fsp3) is 0.550. The molecule has 0 radical (unpaired) electrons. The molecule has 2 saturated heterocycles. The first-order chi connectivity index (χ1) is 15.6. The minimum absolute atomic E-state index is 0.0946. The van der Waals surface area contributed by atoms with Gasteiger partial charge in [-0.3, -0.25) is 0 Å². The van der Waals surface area contributed by atoms with Crippen LogP contribution in [0.25, 0.3) is 11.0 Å². The maximum atomic E-state index is 11.3. The number of phenols is 1. The van der Waals surface area contributed by atoms with Crippen LogP contribution in [0.4, 0.5) is 0 Å². The molecule has 0 amide bonds. The highest BCUT2D eigenvalue weighted by atomic mass is 16.7. The third-order valence-electron chi connectivity index (χ3n) is 5.62. The Hall–Kier alpha value is -2.33. The molecule has 3 heterocycles. The lowest BCUT2D eigenvalue weighted by atomic mass is 9.99. The van der Waals surface area contributed by atoms with Gasteiger partial charge >= 0.3 is 5.63 Å². The molecule has 2 aliphatic rings.